The molecule has 1 unspecified atom stereocenters. The number of aromatic nitrogens is 1. The highest BCUT2D eigenvalue weighted by molar-refractivity contribution is 7.91. The minimum Gasteiger partial charge on any atom is -0.476 e. The number of hydrogen-bond donors (Lipinski definition) is 2. The molecule has 8 heteroatoms. The summed E-state index contributed by atoms with van der Waals surface area (Å²) in [5.41, 5.74) is 0.708. The largest absolute Gasteiger partial charge is 0.476 e. The number of thiazole rings is 1. The fourth-order valence-electron chi connectivity index (χ4n) is 2.52. The Morgan fingerprint density at radius 3 is 2.80 bits per heavy atom. The number of hydrogen-bond acceptors (Lipinski definition) is 5. The monoisotopic (exact) mass is 318 g/mol. The predicted molar refractivity (Wildman–Crippen MR) is 75.4 cm³/mol. The van der Waals surface area contributed by atoms with Gasteiger partial charge < -0.3 is 5.11 Å². The molecule has 0 aliphatic heterocycles. The van der Waals surface area contributed by atoms with Gasteiger partial charge in [-0.1, -0.05) is 26.7 Å². The van der Waals surface area contributed by atoms with Gasteiger partial charge in [-0.2, -0.15) is 0 Å². The summed E-state index contributed by atoms with van der Waals surface area (Å²) in [5.74, 6) is -1.32. The van der Waals surface area contributed by atoms with E-state index in [4.69, 9.17) is 5.11 Å². The fourth-order valence-corrected chi connectivity index (χ4v) is 5.12. The smallest absolute Gasteiger partial charge is 0.356 e. The highest BCUT2D eigenvalue weighted by Gasteiger charge is 2.37. The normalized spacial score (nSPS) is 22.6. The quantitative estimate of drug-likeness (QED) is 0.886. The van der Waals surface area contributed by atoms with Gasteiger partial charge in [0.1, 0.15) is 0 Å². The van der Waals surface area contributed by atoms with Crippen molar-refractivity contribution in [2.75, 3.05) is 0 Å². The van der Waals surface area contributed by atoms with Crippen molar-refractivity contribution in [3.63, 3.8) is 0 Å². The number of aromatic carboxylic acids is 1. The minimum atomic E-state index is -3.84. The molecule has 20 heavy (non-hydrogen) atoms. The van der Waals surface area contributed by atoms with Crippen LogP contribution in [0.3, 0.4) is 0 Å². The molecule has 6 nitrogen and oxygen atoms in total. The van der Waals surface area contributed by atoms with Crippen molar-refractivity contribution >= 4 is 27.3 Å². The highest BCUT2D eigenvalue weighted by atomic mass is 32.2. The molecule has 0 spiro atoms. The Hall–Kier alpha value is -0.990. The molecule has 0 aromatic carbocycles. The molecular weight excluding hydrogens is 300 g/mol. The Morgan fingerprint density at radius 2 is 2.20 bits per heavy atom. The second-order valence-electron chi connectivity index (χ2n) is 5.70. The van der Waals surface area contributed by atoms with E-state index in [1.165, 1.54) is 5.51 Å². The van der Waals surface area contributed by atoms with Crippen molar-refractivity contribution in [1.29, 1.82) is 0 Å². The molecule has 1 fully saturated rings. The van der Waals surface area contributed by atoms with E-state index < -0.39 is 21.7 Å². The van der Waals surface area contributed by atoms with E-state index in [9.17, 15) is 13.2 Å². The number of sulfonamides is 1. The minimum absolute atomic E-state index is 0.126. The van der Waals surface area contributed by atoms with Crippen LogP contribution in [0.1, 0.15) is 50.0 Å². The van der Waals surface area contributed by atoms with Gasteiger partial charge in [-0.15, -0.1) is 11.3 Å². The van der Waals surface area contributed by atoms with Gasteiger partial charge >= 0.3 is 5.97 Å². The number of rotatable bonds is 4. The third kappa shape index (κ3) is 3.02. The van der Waals surface area contributed by atoms with Crippen molar-refractivity contribution in [2.45, 2.75) is 49.8 Å². The zero-order valence-electron chi connectivity index (χ0n) is 11.4. The lowest BCUT2D eigenvalue weighted by Gasteiger charge is -2.38. The topological polar surface area (TPSA) is 96.4 Å². The van der Waals surface area contributed by atoms with Crippen LogP contribution in [-0.2, 0) is 10.0 Å². The van der Waals surface area contributed by atoms with E-state index >= 15 is 0 Å². The van der Waals surface area contributed by atoms with Gasteiger partial charge in [0.15, 0.2) is 9.90 Å². The molecule has 1 aromatic rings. The van der Waals surface area contributed by atoms with Crippen LogP contribution in [0.5, 0.6) is 0 Å². The van der Waals surface area contributed by atoms with E-state index in [1.807, 2.05) is 13.8 Å². The number of nitrogens with zero attached hydrogens (tertiary/aromatic N) is 1. The van der Waals surface area contributed by atoms with Crippen LogP contribution < -0.4 is 4.72 Å². The first-order valence-electron chi connectivity index (χ1n) is 6.43. The molecule has 0 saturated heterocycles. The summed E-state index contributed by atoms with van der Waals surface area (Å²) in [6.45, 7) is 4.06. The van der Waals surface area contributed by atoms with Crippen LogP contribution in [0.4, 0.5) is 0 Å². The van der Waals surface area contributed by atoms with Crippen LogP contribution in [-0.4, -0.2) is 30.5 Å². The fraction of sp³-hybridized carbons (Fsp3) is 0.667. The zero-order chi connectivity index (χ0) is 15.0. The zero-order valence-corrected chi connectivity index (χ0v) is 13.1. The summed E-state index contributed by atoms with van der Waals surface area (Å²) in [4.78, 5) is 14.6. The maximum Gasteiger partial charge on any atom is 0.356 e. The molecule has 2 N–H and O–H groups in total. The Morgan fingerprint density at radius 1 is 1.50 bits per heavy atom. The molecule has 1 atom stereocenters. The predicted octanol–water partition coefficient (Wildman–Crippen LogP) is 2.09. The number of carboxylic acid groups (broad SMARTS) is 1. The van der Waals surface area contributed by atoms with Crippen LogP contribution in [0.2, 0.25) is 0 Å². The first-order chi connectivity index (χ1) is 9.24. The second-order valence-corrected chi connectivity index (χ2v) is 8.47. The molecule has 2 rings (SSSR count). The Balaban J connectivity index is 2.27. The van der Waals surface area contributed by atoms with Crippen molar-refractivity contribution in [2.24, 2.45) is 5.41 Å². The van der Waals surface area contributed by atoms with E-state index in [1.54, 1.807) is 0 Å². The summed E-state index contributed by atoms with van der Waals surface area (Å²) >= 11 is 0.831. The van der Waals surface area contributed by atoms with Crippen molar-refractivity contribution in [3.05, 3.63) is 11.2 Å². The molecule has 0 radical (unpaired) electrons. The van der Waals surface area contributed by atoms with Gasteiger partial charge in [0, 0.05) is 6.04 Å². The van der Waals surface area contributed by atoms with E-state index in [0.29, 0.717) is 0 Å². The first-order valence-corrected chi connectivity index (χ1v) is 8.79. The first kappa shape index (κ1) is 15.4. The third-order valence-electron chi connectivity index (χ3n) is 3.79. The van der Waals surface area contributed by atoms with Gasteiger partial charge in [-0.3, -0.25) is 0 Å². The summed E-state index contributed by atoms with van der Waals surface area (Å²) in [7, 11) is -3.84. The van der Waals surface area contributed by atoms with Gasteiger partial charge in [0.05, 0.1) is 5.51 Å². The molecule has 1 aliphatic carbocycles. The molecule has 1 saturated carbocycles. The lowest BCUT2D eigenvalue weighted by atomic mass is 9.74. The average molecular weight is 318 g/mol. The molecule has 1 aromatic heterocycles. The highest BCUT2D eigenvalue weighted by Crippen LogP contribution is 2.36. The Kier molecular flexibility index (Phi) is 4.17. The van der Waals surface area contributed by atoms with E-state index in [-0.39, 0.29) is 15.7 Å². The number of carboxylic acids is 1. The van der Waals surface area contributed by atoms with Crippen LogP contribution in [0.15, 0.2) is 9.72 Å². The summed E-state index contributed by atoms with van der Waals surface area (Å²) in [6, 6.07) is -0.176. The summed E-state index contributed by atoms with van der Waals surface area (Å²) in [5, 5.41) is 8.98. The number of carbonyl (C=O) groups is 1. The summed E-state index contributed by atoms with van der Waals surface area (Å²) in [6.07, 6.45) is 3.79. The Labute approximate surface area is 122 Å². The van der Waals surface area contributed by atoms with Crippen LogP contribution in [0.25, 0.3) is 0 Å². The molecule has 0 bridgehead atoms. The molecule has 112 valence electrons. The SMILES string of the molecule is CC1(C)CCCCC1NS(=O)(=O)c1scnc1C(=O)O. The number of nitrogens with one attached hydrogen (secondary N) is 1. The van der Waals surface area contributed by atoms with Crippen molar-refractivity contribution in [1.82, 2.24) is 9.71 Å². The van der Waals surface area contributed by atoms with E-state index in [0.717, 1.165) is 37.0 Å². The second kappa shape index (κ2) is 5.42. The van der Waals surface area contributed by atoms with Gasteiger partial charge in [0.25, 0.3) is 10.0 Å². The van der Waals surface area contributed by atoms with E-state index in [2.05, 4.69) is 9.71 Å². The van der Waals surface area contributed by atoms with Crippen LogP contribution in [0, 0.1) is 5.41 Å². The summed E-state index contributed by atoms with van der Waals surface area (Å²) < 4.78 is 27.2. The third-order valence-corrected chi connectivity index (χ3v) is 6.63. The molecule has 1 aliphatic rings. The maximum absolute atomic E-state index is 12.4. The molecular formula is C12H18N2O4S2. The van der Waals surface area contributed by atoms with Crippen LogP contribution >= 0.6 is 11.3 Å². The van der Waals surface area contributed by atoms with Gasteiger partial charge in [-0.25, -0.2) is 22.9 Å². The Bertz CT molecular complexity index is 607. The van der Waals surface area contributed by atoms with Gasteiger partial charge in [0.2, 0.25) is 0 Å². The van der Waals surface area contributed by atoms with Crippen molar-refractivity contribution < 1.29 is 18.3 Å². The van der Waals surface area contributed by atoms with Gasteiger partial charge in [-0.05, 0) is 18.3 Å². The molecule has 0 amide bonds. The lowest BCUT2D eigenvalue weighted by molar-refractivity contribution is 0.0687. The average Bonchev–Trinajstić information content (AvgIpc) is 2.81. The van der Waals surface area contributed by atoms with Crippen molar-refractivity contribution in [3.8, 4) is 0 Å². The molecule has 1 heterocycles. The maximum atomic E-state index is 12.4. The lowest BCUT2D eigenvalue weighted by Crippen LogP contribution is -2.46. The standard InChI is InChI=1S/C12H18N2O4S2/c1-12(2)6-4-3-5-8(12)14-20(17,18)11-9(10(15)16)13-7-19-11/h7-8,14H,3-6H2,1-2H3,(H,15,16).